The van der Waals surface area contributed by atoms with Crippen molar-refractivity contribution in [2.75, 3.05) is 0 Å². The van der Waals surface area contributed by atoms with Crippen LogP contribution < -0.4 is 0 Å². The van der Waals surface area contributed by atoms with Crippen molar-refractivity contribution in [2.45, 2.75) is 53.4 Å². The van der Waals surface area contributed by atoms with E-state index < -0.39 is 18.0 Å². The number of rotatable bonds is 4. The van der Waals surface area contributed by atoms with E-state index in [2.05, 4.69) is 102 Å². The molecule has 5 aromatic rings. The molecule has 194 valence electrons. The number of hydrogen-bond donors (Lipinski definition) is 0. The second-order valence-corrected chi connectivity index (χ2v) is 22.8. The van der Waals surface area contributed by atoms with E-state index in [0.717, 1.165) is 5.56 Å². The van der Waals surface area contributed by atoms with Crippen LogP contribution in [0.2, 0.25) is 0 Å². The minimum absolute atomic E-state index is 1.07. The van der Waals surface area contributed by atoms with E-state index in [4.69, 9.17) is 17.0 Å². The molecule has 0 saturated carbocycles. The first-order valence-electron chi connectivity index (χ1n) is 12.8. The van der Waals surface area contributed by atoms with E-state index in [-0.39, 0.29) is 0 Å². The van der Waals surface area contributed by atoms with Gasteiger partial charge in [0.25, 0.3) is 0 Å². The van der Waals surface area contributed by atoms with Gasteiger partial charge < -0.3 is 0 Å². The maximum absolute atomic E-state index is 5.15. The average molecular weight is 624 g/mol. The standard InChI is InChI=1S/2C13H15.C7H7.2ClH.Si.Zr/c2*1-3-5-11-6-4-7-12-8-10(2)9-13(11)12;1-7-5-3-2-4-6-7;;;;/h2*4,6-9H,3,5H2,1-2H3;2-6H,1H2;2*1H;;/q3*-1;;;;+2/p-2. The molecule has 0 atom stereocenters. The molecule has 0 nitrogen and oxygen atoms in total. The topological polar surface area (TPSA) is 0 Å². The Morgan fingerprint density at radius 1 is 0.703 bits per heavy atom. The van der Waals surface area contributed by atoms with E-state index in [1.165, 1.54) is 69.5 Å². The first-order valence-corrected chi connectivity index (χ1v) is 23.3. The summed E-state index contributed by atoms with van der Waals surface area (Å²) in [7, 11) is 10.3. The fraction of sp³-hybridized carbons (Fsp3) is 0.242. The van der Waals surface area contributed by atoms with Crippen molar-refractivity contribution in [1.82, 2.24) is 0 Å². The van der Waals surface area contributed by atoms with Crippen molar-refractivity contribution in [1.29, 1.82) is 0 Å². The van der Waals surface area contributed by atoms with Gasteiger partial charge in [-0.15, -0.1) is 81.2 Å². The molecule has 0 fully saturated rings. The fourth-order valence-electron chi connectivity index (χ4n) is 4.35. The first kappa shape index (κ1) is 31.6. The SMILES string of the molecule is CCCc1cccc2[cH-]c(C)cc12.CCCc1cccc2[cH-]c(C)cc12.[CH2-]c1ccccc1.[Si]=[Zr]([Cl])[Cl]. The zero-order valence-corrected chi connectivity index (χ0v) is 27.4. The van der Waals surface area contributed by atoms with Crippen molar-refractivity contribution in [2.24, 2.45) is 0 Å². The third kappa shape index (κ3) is 11.4. The van der Waals surface area contributed by atoms with E-state index in [1.54, 1.807) is 0 Å². The van der Waals surface area contributed by atoms with Gasteiger partial charge in [-0.1, -0.05) is 69.9 Å². The summed E-state index contributed by atoms with van der Waals surface area (Å²) in [6, 6.07) is 32.2. The van der Waals surface area contributed by atoms with Crippen molar-refractivity contribution >= 4 is 45.4 Å². The number of benzene rings is 3. The van der Waals surface area contributed by atoms with Crippen molar-refractivity contribution in [3.8, 4) is 0 Å². The van der Waals surface area contributed by atoms with Crippen LogP contribution in [0.3, 0.4) is 0 Å². The van der Waals surface area contributed by atoms with Crippen LogP contribution in [-0.4, -0.2) is 6.88 Å². The van der Waals surface area contributed by atoms with Crippen LogP contribution in [0.15, 0.2) is 91.0 Å². The molecule has 0 unspecified atom stereocenters. The molecular weight excluding hydrogens is 587 g/mol. The van der Waals surface area contributed by atoms with Crippen molar-refractivity contribution in [3.05, 3.63) is 126 Å². The monoisotopic (exact) mass is 621 g/mol. The van der Waals surface area contributed by atoms with E-state index >= 15 is 0 Å². The van der Waals surface area contributed by atoms with Crippen LogP contribution in [0.5, 0.6) is 0 Å². The van der Waals surface area contributed by atoms with Crippen LogP contribution in [-0.2, 0) is 30.8 Å². The summed E-state index contributed by atoms with van der Waals surface area (Å²) in [6.07, 6.45) is 4.84. The van der Waals surface area contributed by atoms with Crippen LogP contribution in [0.4, 0.5) is 0 Å². The molecule has 37 heavy (non-hydrogen) atoms. The zero-order chi connectivity index (χ0) is 27.2. The van der Waals surface area contributed by atoms with Gasteiger partial charge in [-0.2, -0.15) is 36.8 Å². The van der Waals surface area contributed by atoms with Gasteiger partial charge in [0.2, 0.25) is 0 Å². The Labute approximate surface area is 240 Å². The Kier molecular flexibility index (Phi) is 14.6. The van der Waals surface area contributed by atoms with Crippen LogP contribution in [0, 0.1) is 20.8 Å². The summed E-state index contributed by atoms with van der Waals surface area (Å²) in [5.41, 5.74) is 6.81. The normalized spacial score (nSPS) is 10.0. The molecule has 2 radical (unpaired) electrons. The Bertz CT molecular complexity index is 1280. The second kappa shape index (κ2) is 17.1. The molecule has 0 aromatic heterocycles. The molecule has 5 rings (SSSR count). The molecular formula is C33H37Cl2SiZr-3. The van der Waals surface area contributed by atoms with Crippen molar-refractivity contribution in [3.63, 3.8) is 0 Å². The minimum atomic E-state index is -1.79. The van der Waals surface area contributed by atoms with Gasteiger partial charge in [0, 0.05) is 0 Å². The maximum atomic E-state index is 5.15. The predicted octanol–water partition coefficient (Wildman–Crippen LogP) is 10.5. The summed E-state index contributed by atoms with van der Waals surface area (Å²) < 4.78 is 0. The number of aryl methyl sites for hydroxylation is 4. The number of fused-ring (bicyclic) bond motifs is 2. The quantitative estimate of drug-likeness (QED) is 0.138. The Morgan fingerprint density at radius 3 is 1.43 bits per heavy atom. The average Bonchev–Trinajstić information content (AvgIpc) is 3.43. The molecule has 4 heteroatoms. The Morgan fingerprint density at radius 2 is 1.11 bits per heavy atom. The predicted molar refractivity (Wildman–Crippen MR) is 165 cm³/mol. The second-order valence-electron chi connectivity index (χ2n) is 9.15. The van der Waals surface area contributed by atoms with Gasteiger partial charge in [0.1, 0.15) is 0 Å². The van der Waals surface area contributed by atoms with Gasteiger partial charge in [-0.25, -0.2) is 0 Å². The third-order valence-electron chi connectivity index (χ3n) is 5.85. The summed E-state index contributed by atoms with van der Waals surface area (Å²) in [5.74, 6) is 0. The summed E-state index contributed by atoms with van der Waals surface area (Å²) in [4.78, 5) is 0. The van der Waals surface area contributed by atoms with Gasteiger partial charge in [-0.05, 0) is 12.8 Å². The van der Waals surface area contributed by atoms with Gasteiger partial charge in [0.05, 0.1) is 0 Å². The van der Waals surface area contributed by atoms with E-state index in [9.17, 15) is 0 Å². The van der Waals surface area contributed by atoms with Gasteiger partial charge >= 0.3 is 41.9 Å². The third-order valence-corrected chi connectivity index (χ3v) is 5.85. The summed E-state index contributed by atoms with van der Waals surface area (Å²) in [5, 5.41) is 5.68. The molecule has 0 spiro atoms. The van der Waals surface area contributed by atoms with E-state index in [1.807, 2.05) is 30.3 Å². The molecule has 0 saturated heterocycles. The molecule has 5 aromatic carbocycles. The molecule has 0 N–H and O–H groups in total. The fourth-order valence-corrected chi connectivity index (χ4v) is 4.35. The first-order chi connectivity index (χ1) is 17.7. The molecule has 0 aliphatic heterocycles. The summed E-state index contributed by atoms with van der Waals surface area (Å²) >= 11 is -1.79. The van der Waals surface area contributed by atoms with Crippen LogP contribution in [0.1, 0.15) is 54.5 Å². The molecule has 0 heterocycles. The Hall–Kier alpha value is -1.57. The zero-order valence-electron chi connectivity index (χ0n) is 22.5. The molecule has 0 aliphatic carbocycles. The van der Waals surface area contributed by atoms with Gasteiger partial charge in [0.15, 0.2) is 0 Å². The van der Waals surface area contributed by atoms with Gasteiger partial charge in [-0.3, -0.25) is 0 Å². The number of hydrogen-bond acceptors (Lipinski definition) is 0. The molecule has 0 amide bonds. The molecule has 0 bridgehead atoms. The summed E-state index contributed by atoms with van der Waals surface area (Å²) in [6.45, 7) is 15.5. The van der Waals surface area contributed by atoms with E-state index in [0.29, 0.717) is 0 Å². The van der Waals surface area contributed by atoms with Crippen molar-refractivity contribution < 1.29 is 18.0 Å². The number of halogens is 2. The van der Waals surface area contributed by atoms with Crippen LogP contribution >= 0.6 is 17.0 Å². The Balaban J connectivity index is 0.000000189. The molecule has 0 aliphatic rings. The van der Waals surface area contributed by atoms with Crippen LogP contribution in [0.25, 0.3) is 21.5 Å².